The Hall–Kier alpha value is -1.26. The van der Waals surface area contributed by atoms with E-state index < -0.39 is 32.1 Å². The van der Waals surface area contributed by atoms with Gasteiger partial charge in [0.1, 0.15) is 11.9 Å². The monoisotopic (exact) mass is 510 g/mol. The zero-order chi connectivity index (χ0) is 26.5. The third-order valence-corrected chi connectivity index (χ3v) is 11.2. The van der Waals surface area contributed by atoms with Crippen LogP contribution in [0, 0.1) is 5.92 Å². The van der Waals surface area contributed by atoms with Gasteiger partial charge in [-0.05, 0) is 55.6 Å². The molecule has 1 aliphatic heterocycles. The second-order valence-electron chi connectivity index (χ2n) is 11.4. The lowest BCUT2D eigenvalue weighted by atomic mass is 9.95. The van der Waals surface area contributed by atoms with E-state index in [2.05, 4.69) is 33.9 Å². The van der Waals surface area contributed by atoms with E-state index >= 15 is 0 Å². The molecule has 1 unspecified atom stereocenters. The van der Waals surface area contributed by atoms with E-state index in [0.717, 1.165) is 11.3 Å². The Balaban J connectivity index is 2.08. The van der Waals surface area contributed by atoms with E-state index in [-0.39, 0.29) is 17.6 Å². The molecule has 7 nitrogen and oxygen atoms in total. The predicted octanol–water partition coefficient (Wildman–Crippen LogP) is 5.28. The van der Waals surface area contributed by atoms with E-state index in [1.807, 2.05) is 51.1 Å². The van der Waals surface area contributed by atoms with Crippen molar-refractivity contribution in [3.63, 3.8) is 0 Å². The second-order valence-corrected chi connectivity index (χ2v) is 16.1. The highest BCUT2D eigenvalue weighted by molar-refractivity contribution is 6.74. The first-order chi connectivity index (χ1) is 16.2. The number of hydrogen-bond donors (Lipinski definition) is 1. The van der Waals surface area contributed by atoms with Gasteiger partial charge >= 0.3 is 0 Å². The maximum atomic E-state index is 11.3. The van der Waals surface area contributed by atoms with Crippen molar-refractivity contribution in [3.05, 3.63) is 42.0 Å². The first-order valence-electron chi connectivity index (χ1n) is 12.3. The first-order valence-corrected chi connectivity index (χ1v) is 15.2. The fourth-order valence-electron chi connectivity index (χ4n) is 3.59. The summed E-state index contributed by atoms with van der Waals surface area (Å²) >= 11 is 0. The van der Waals surface area contributed by atoms with Crippen molar-refractivity contribution in [1.29, 1.82) is 0 Å². The van der Waals surface area contributed by atoms with Gasteiger partial charge in [0.25, 0.3) is 0 Å². The van der Waals surface area contributed by atoms with Gasteiger partial charge in [-0.2, -0.15) is 0 Å². The molecule has 0 radical (unpaired) electrons. The topological polar surface area (TPSA) is 75.6 Å². The zero-order valence-electron chi connectivity index (χ0n) is 23.2. The molecule has 0 aromatic heterocycles. The van der Waals surface area contributed by atoms with Crippen molar-refractivity contribution in [3.8, 4) is 5.75 Å². The van der Waals surface area contributed by atoms with Gasteiger partial charge in [0.2, 0.25) is 0 Å². The standard InChI is InChI=1S/C27H46O7Si/c1-20(17-31-18-21-12-14-22(29-7)15-13-21)11-16-23(28)27(19-32-26(5,6)34-27)24(30-8)33-35(9,10)25(2,3)4/h11-16,20,23-24,28H,17-19H2,1-10H3/b16-11+/t20-,23-,24?,27+/m1/s1. The van der Waals surface area contributed by atoms with Gasteiger partial charge in [0.15, 0.2) is 26.0 Å². The fraction of sp³-hybridized carbons (Fsp3) is 0.704. The summed E-state index contributed by atoms with van der Waals surface area (Å²) in [5.41, 5.74) is -0.112. The lowest BCUT2D eigenvalue weighted by Gasteiger charge is -2.45. The van der Waals surface area contributed by atoms with Crippen molar-refractivity contribution >= 4 is 8.32 Å². The van der Waals surface area contributed by atoms with E-state index in [9.17, 15) is 5.11 Å². The van der Waals surface area contributed by atoms with E-state index in [1.54, 1.807) is 20.3 Å². The lowest BCUT2D eigenvalue weighted by Crippen LogP contribution is -2.60. The summed E-state index contributed by atoms with van der Waals surface area (Å²) in [5.74, 6) is 0.0360. The molecule has 4 atom stereocenters. The molecule has 1 N–H and O–H groups in total. The molecule has 0 saturated carbocycles. The Morgan fingerprint density at radius 2 is 1.74 bits per heavy atom. The maximum absolute atomic E-state index is 11.3. The summed E-state index contributed by atoms with van der Waals surface area (Å²) in [6, 6.07) is 7.81. The zero-order valence-corrected chi connectivity index (χ0v) is 24.2. The number of aliphatic hydroxyl groups is 1. The van der Waals surface area contributed by atoms with Crippen LogP contribution in [0.15, 0.2) is 36.4 Å². The van der Waals surface area contributed by atoms with Crippen LogP contribution in [0.5, 0.6) is 5.75 Å². The molecule has 1 aromatic rings. The molecule has 2 rings (SSSR count). The van der Waals surface area contributed by atoms with E-state index in [0.29, 0.717) is 13.2 Å². The highest BCUT2D eigenvalue weighted by atomic mass is 28.4. The molecule has 1 fully saturated rings. The summed E-state index contributed by atoms with van der Waals surface area (Å²) in [7, 11) is 1.01. The molecule has 35 heavy (non-hydrogen) atoms. The molecule has 200 valence electrons. The second kappa shape index (κ2) is 11.9. The number of methoxy groups -OCH3 is 2. The number of benzene rings is 1. The van der Waals surface area contributed by atoms with Crippen molar-refractivity contribution in [2.24, 2.45) is 5.92 Å². The minimum Gasteiger partial charge on any atom is -0.497 e. The SMILES string of the molecule is COc1ccc(COC[C@H](C)/C=C/[C@@H](O)[C@]2(C(OC)O[Si](C)(C)C(C)(C)C)COC(C)(C)O2)cc1. The van der Waals surface area contributed by atoms with Gasteiger partial charge in [-0.15, -0.1) is 0 Å². The molecule has 1 aliphatic rings. The van der Waals surface area contributed by atoms with Gasteiger partial charge in [0, 0.05) is 7.11 Å². The third kappa shape index (κ3) is 7.86. The first kappa shape index (κ1) is 30.0. The molecule has 1 heterocycles. The molecule has 0 aliphatic carbocycles. The van der Waals surface area contributed by atoms with Gasteiger partial charge in [-0.25, -0.2) is 0 Å². The molecular weight excluding hydrogens is 464 g/mol. The average molecular weight is 511 g/mol. The number of rotatable bonds is 12. The van der Waals surface area contributed by atoms with Crippen molar-refractivity contribution < 1.29 is 33.2 Å². The summed E-state index contributed by atoms with van der Waals surface area (Å²) in [6.07, 6.45) is 1.90. The van der Waals surface area contributed by atoms with Gasteiger partial charge < -0.3 is 33.2 Å². The predicted molar refractivity (Wildman–Crippen MR) is 140 cm³/mol. The Kier molecular flexibility index (Phi) is 10.2. The van der Waals surface area contributed by atoms with E-state index in [1.165, 1.54) is 0 Å². The number of aliphatic hydroxyl groups excluding tert-OH is 1. The summed E-state index contributed by atoms with van der Waals surface area (Å²) in [4.78, 5) is 0. The van der Waals surface area contributed by atoms with Crippen LogP contribution in [0.1, 0.15) is 47.1 Å². The van der Waals surface area contributed by atoms with E-state index in [4.69, 9.17) is 28.1 Å². The molecule has 8 heteroatoms. The van der Waals surface area contributed by atoms with Crippen LogP contribution in [0.4, 0.5) is 0 Å². The summed E-state index contributed by atoms with van der Waals surface area (Å²) in [6.45, 7) is 17.7. The highest BCUT2D eigenvalue weighted by Gasteiger charge is 2.58. The molecule has 0 spiro atoms. The van der Waals surface area contributed by atoms with Gasteiger partial charge in [-0.3, -0.25) is 0 Å². The lowest BCUT2D eigenvalue weighted by molar-refractivity contribution is -0.253. The average Bonchev–Trinajstić information content (AvgIpc) is 3.12. The van der Waals surface area contributed by atoms with Crippen molar-refractivity contribution in [2.45, 2.75) is 90.1 Å². The normalized spacial score (nSPS) is 23.4. The van der Waals surface area contributed by atoms with Crippen LogP contribution in [-0.2, 0) is 30.0 Å². The largest absolute Gasteiger partial charge is 0.497 e. The summed E-state index contributed by atoms with van der Waals surface area (Å²) < 4.78 is 35.6. The highest BCUT2D eigenvalue weighted by Crippen LogP contribution is 2.43. The smallest absolute Gasteiger partial charge is 0.195 e. The Morgan fingerprint density at radius 1 is 1.11 bits per heavy atom. The van der Waals surface area contributed by atoms with Crippen LogP contribution in [0.25, 0.3) is 0 Å². The number of ether oxygens (including phenoxy) is 5. The minimum absolute atomic E-state index is 0.0313. The van der Waals surface area contributed by atoms with Crippen LogP contribution >= 0.6 is 0 Å². The molecular formula is C27H46O7Si. The molecule has 0 amide bonds. The Morgan fingerprint density at radius 3 is 2.23 bits per heavy atom. The van der Waals surface area contributed by atoms with Crippen LogP contribution < -0.4 is 4.74 Å². The maximum Gasteiger partial charge on any atom is 0.195 e. The molecule has 0 bridgehead atoms. The van der Waals surface area contributed by atoms with Crippen LogP contribution in [0.3, 0.4) is 0 Å². The minimum atomic E-state index is -2.22. The molecule has 1 saturated heterocycles. The van der Waals surface area contributed by atoms with Crippen LogP contribution in [-0.4, -0.2) is 64.6 Å². The van der Waals surface area contributed by atoms with Gasteiger partial charge in [-0.1, -0.05) is 52.0 Å². The Labute approximate surface area is 212 Å². The van der Waals surface area contributed by atoms with Crippen molar-refractivity contribution in [2.75, 3.05) is 27.4 Å². The fourth-order valence-corrected chi connectivity index (χ4v) is 4.78. The molecule has 1 aromatic carbocycles. The quantitative estimate of drug-likeness (QED) is 0.233. The third-order valence-electron chi connectivity index (χ3n) is 6.83. The van der Waals surface area contributed by atoms with Crippen molar-refractivity contribution in [1.82, 2.24) is 0 Å². The number of hydrogen-bond acceptors (Lipinski definition) is 7. The van der Waals surface area contributed by atoms with Gasteiger partial charge in [0.05, 0.1) is 26.9 Å². The van der Waals surface area contributed by atoms with Crippen LogP contribution in [0.2, 0.25) is 18.1 Å². The Bertz CT molecular complexity index is 816. The summed E-state index contributed by atoms with van der Waals surface area (Å²) in [5, 5.41) is 11.3.